The van der Waals surface area contributed by atoms with Crippen LogP contribution in [0.5, 0.6) is 0 Å². The largest absolute Gasteiger partial charge is 0.439 e. The fourth-order valence-corrected chi connectivity index (χ4v) is 3.71. The average Bonchev–Trinajstić information content (AvgIpc) is 3.17. The molecule has 0 saturated carbocycles. The van der Waals surface area contributed by atoms with Gasteiger partial charge in [0, 0.05) is 26.2 Å². The molecule has 1 aromatic heterocycles. The third-order valence-electron chi connectivity index (χ3n) is 5.02. The Labute approximate surface area is 141 Å². The van der Waals surface area contributed by atoms with Gasteiger partial charge in [0.15, 0.2) is 5.58 Å². The second-order valence-electron chi connectivity index (χ2n) is 6.79. The van der Waals surface area contributed by atoms with Crippen LogP contribution >= 0.6 is 0 Å². The third kappa shape index (κ3) is 3.03. The van der Waals surface area contributed by atoms with Crippen LogP contribution in [-0.2, 0) is 16.1 Å². The lowest BCUT2D eigenvalue weighted by Crippen LogP contribution is -2.45. The van der Waals surface area contributed by atoms with Crippen LogP contribution in [0.25, 0.3) is 11.1 Å². The molecule has 2 aromatic rings. The fourth-order valence-electron chi connectivity index (χ4n) is 3.71. The first kappa shape index (κ1) is 15.6. The highest BCUT2D eigenvalue weighted by atomic mass is 16.5. The highest BCUT2D eigenvalue weighted by molar-refractivity contribution is 5.80. The summed E-state index contributed by atoms with van der Waals surface area (Å²) in [5.41, 5.74) is 1.71. The van der Waals surface area contributed by atoms with Gasteiger partial charge in [-0.3, -0.25) is 9.69 Å². The van der Waals surface area contributed by atoms with Crippen LogP contribution in [0.15, 0.2) is 28.7 Å². The number of carbonyl (C=O) groups excluding carboxylic acids is 1. The van der Waals surface area contributed by atoms with Crippen LogP contribution in [-0.4, -0.2) is 60.1 Å². The standard InChI is InChI=1S/C18H23N3O3/c1-13-10-20(11-14(13)18(22)21-6-8-23-9-7-21)12-17-19-15-4-2-3-5-16(15)24-17/h2-5,13-14H,6-12H2,1H3/t13-,14-/m1/s1. The van der Waals surface area contributed by atoms with E-state index in [0.29, 0.717) is 38.8 Å². The molecular formula is C18H23N3O3. The van der Waals surface area contributed by atoms with Gasteiger partial charge >= 0.3 is 0 Å². The summed E-state index contributed by atoms with van der Waals surface area (Å²) in [7, 11) is 0. The van der Waals surface area contributed by atoms with Crippen molar-refractivity contribution in [1.82, 2.24) is 14.8 Å². The maximum atomic E-state index is 12.8. The van der Waals surface area contributed by atoms with E-state index in [1.807, 2.05) is 29.2 Å². The van der Waals surface area contributed by atoms with E-state index in [1.165, 1.54) is 0 Å². The third-order valence-corrected chi connectivity index (χ3v) is 5.02. The number of oxazole rings is 1. The fraction of sp³-hybridized carbons (Fsp3) is 0.556. The normalized spacial score (nSPS) is 25.5. The van der Waals surface area contributed by atoms with Crippen LogP contribution in [0.3, 0.4) is 0 Å². The molecule has 1 aromatic carbocycles. The molecule has 4 rings (SSSR count). The number of benzene rings is 1. The Morgan fingerprint density at radius 3 is 2.83 bits per heavy atom. The molecule has 0 bridgehead atoms. The Kier molecular flexibility index (Phi) is 4.24. The zero-order valence-electron chi connectivity index (χ0n) is 14.0. The van der Waals surface area contributed by atoms with Crippen molar-refractivity contribution in [2.24, 2.45) is 11.8 Å². The number of aromatic nitrogens is 1. The SMILES string of the molecule is C[C@@H]1CN(Cc2nc3ccccc3o2)C[C@H]1C(=O)N1CCOCC1. The zero-order chi connectivity index (χ0) is 16.5. The van der Waals surface area contributed by atoms with Crippen LogP contribution in [0, 0.1) is 11.8 Å². The number of amides is 1. The smallest absolute Gasteiger partial charge is 0.227 e. The molecule has 0 spiro atoms. The monoisotopic (exact) mass is 329 g/mol. The van der Waals surface area contributed by atoms with E-state index in [2.05, 4.69) is 16.8 Å². The van der Waals surface area contributed by atoms with Crippen molar-refractivity contribution in [2.45, 2.75) is 13.5 Å². The highest BCUT2D eigenvalue weighted by Crippen LogP contribution is 2.27. The Morgan fingerprint density at radius 2 is 2.04 bits per heavy atom. The van der Waals surface area contributed by atoms with Gasteiger partial charge in [0.2, 0.25) is 11.8 Å². The number of morpholine rings is 1. The summed E-state index contributed by atoms with van der Waals surface area (Å²) in [5.74, 6) is 1.41. The van der Waals surface area contributed by atoms with Gasteiger partial charge in [-0.2, -0.15) is 0 Å². The van der Waals surface area contributed by atoms with Crippen molar-refractivity contribution >= 4 is 17.0 Å². The molecule has 2 aliphatic rings. The summed E-state index contributed by atoms with van der Waals surface area (Å²) in [5, 5.41) is 0. The van der Waals surface area contributed by atoms with Crippen molar-refractivity contribution in [3.8, 4) is 0 Å². The number of para-hydroxylation sites is 2. The first-order valence-electron chi connectivity index (χ1n) is 8.64. The van der Waals surface area contributed by atoms with Crippen molar-refractivity contribution in [2.75, 3.05) is 39.4 Å². The minimum atomic E-state index is 0.0625. The molecule has 0 radical (unpaired) electrons. The topological polar surface area (TPSA) is 58.8 Å². The minimum absolute atomic E-state index is 0.0625. The summed E-state index contributed by atoms with van der Waals surface area (Å²) in [6, 6.07) is 7.80. The number of ether oxygens (including phenoxy) is 1. The summed E-state index contributed by atoms with van der Waals surface area (Å²) >= 11 is 0. The molecule has 2 fully saturated rings. The molecule has 1 amide bonds. The maximum Gasteiger partial charge on any atom is 0.227 e. The van der Waals surface area contributed by atoms with Gasteiger partial charge in [-0.1, -0.05) is 19.1 Å². The van der Waals surface area contributed by atoms with Gasteiger partial charge in [-0.15, -0.1) is 0 Å². The van der Waals surface area contributed by atoms with E-state index in [1.54, 1.807) is 0 Å². The van der Waals surface area contributed by atoms with E-state index >= 15 is 0 Å². The van der Waals surface area contributed by atoms with E-state index in [9.17, 15) is 4.79 Å². The molecule has 6 nitrogen and oxygen atoms in total. The number of nitrogens with zero attached hydrogens (tertiary/aromatic N) is 3. The van der Waals surface area contributed by atoms with E-state index in [0.717, 1.165) is 30.1 Å². The quantitative estimate of drug-likeness (QED) is 0.859. The number of rotatable bonds is 3. The molecule has 6 heteroatoms. The summed E-state index contributed by atoms with van der Waals surface area (Å²) in [6.45, 7) is 7.23. The van der Waals surface area contributed by atoms with E-state index in [4.69, 9.17) is 9.15 Å². The lowest BCUT2D eigenvalue weighted by atomic mass is 9.96. The number of likely N-dealkylation sites (tertiary alicyclic amines) is 1. The summed E-state index contributed by atoms with van der Waals surface area (Å²) in [6.07, 6.45) is 0. The van der Waals surface area contributed by atoms with E-state index < -0.39 is 0 Å². The molecule has 2 saturated heterocycles. The molecule has 24 heavy (non-hydrogen) atoms. The van der Waals surface area contributed by atoms with Crippen molar-refractivity contribution in [3.63, 3.8) is 0 Å². The second kappa shape index (κ2) is 6.53. The Hall–Kier alpha value is -1.92. The maximum absolute atomic E-state index is 12.8. The van der Waals surface area contributed by atoms with Gasteiger partial charge in [-0.25, -0.2) is 4.98 Å². The van der Waals surface area contributed by atoms with Gasteiger partial charge in [-0.05, 0) is 18.1 Å². The molecule has 128 valence electrons. The molecular weight excluding hydrogens is 306 g/mol. The van der Waals surface area contributed by atoms with Crippen molar-refractivity contribution in [1.29, 1.82) is 0 Å². The lowest BCUT2D eigenvalue weighted by Gasteiger charge is -2.30. The first-order valence-corrected chi connectivity index (χ1v) is 8.64. The molecule has 0 aliphatic carbocycles. The molecule has 0 unspecified atom stereocenters. The van der Waals surface area contributed by atoms with Gasteiger partial charge in [0.05, 0.1) is 25.7 Å². The second-order valence-corrected chi connectivity index (χ2v) is 6.79. The van der Waals surface area contributed by atoms with Crippen molar-refractivity contribution in [3.05, 3.63) is 30.2 Å². The average molecular weight is 329 g/mol. The Balaban J connectivity index is 1.41. The summed E-state index contributed by atoms with van der Waals surface area (Å²) < 4.78 is 11.2. The number of hydrogen-bond acceptors (Lipinski definition) is 5. The van der Waals surface area contributed by atoms with Gasteiger partial charge < -0.3 is 14.1 Å². The lowest BCUT2D eigenvalue weighted by molar-refractivity contribution is -0.140. The van der Waals surface area contributed by atoms with Crippen molar-refractivity contribution < 1.29 is 13.9 Å². The number of hydrogen-bond donors (Lipinski definition) is 0. The number of carbonyl (C=O) groups is 1. The van der Waals surface area contributed by atoms with E-state index in [-0.39, 0.29) is 11.8 Å². The first-order chi connectivity index (χ1) is 11.7. The molecule has 2 atom stereocenters. The number of fused-ring (bicyclic) bond motifs is 1. The molecule has 0 N–H and O–H groups in total. The van der Waals surface area contributed by atoms with Crippen LogP contribution in [0.2, 0.25) is 0 Å². The van der Waals surface area contributed by atoms with Crippen LogP contribution in [0.1, 0.15) is 12.8 Å². The zero-order valence-corrected chi connectivity index (χ0v) is 14.0. The van der Waals surface area contributed by atoms with Crippen LogP contribution < -0.4 is 0 Å². The summed E-state index contributed by atoms with van der Waals surface area (Å²) in [4.78, 5) is 21.5. The predicted octanol–water partition coefficient (Wildman–Crippen LogP) is 1.75. The minimum Gasteiger partial charge on any atom is -0.439 e. The molecule has 2 aliphatic heterocycles. The predicted molar refractivity (Wildman–Crippen MR) is 89.3 cm³/mol. The highest BCUT2D eigenvalue weighted by Gasteiger charge is 2.37. The van der Waals surface area contributed by atoms with Crippen LogP contribution in [0.4, 0.5) is 0 Å². The Morgan fingerprint density at radius 1 is 1.25 bits per heavy atom. The Bertz CT molecular complexity index is 690. The molecule has 3 heterocycles. The van der Waals surface area contributed by atoms with Gasteiger partial charge in [0.25, 0.3) is 0 Å². The van der Waals surface area contributed by atoms with Gasteiger partial charge in [0.1, 0.15) is 5.52 Å².